The van der Waals surface area contributed by atoms with Gasteiger partial charge in [-0.3, -0.25) is 4.79 Å². The van der Waals surface area contributed by atoms with Crippen LogP contribution in [0.25, 0.3) is 0 Å². The number of carbonyl (C=O) groups excluding carboxylic acids is 2. The Morgan fingerprint density at radius 2 is 2.00 bits per heavy atom. The van der Waals surface area contributed by atoms with Crippen LogP contribution in [0.5, 0.6) is 0 Å². The smallest absolute Gasteiger partial charge is 0.332 e. The van der Waals surface area contributed by atoms with E-state index < -0.39 is 17.9 Å². The predicted molar refractivity (Wildman–Crippen MR) is 70.4 cm³/mol. The standard InChI is InChI=1S/C13H24N2O4/c1-5-18-9-7-8(13(9,3)4)15-11(16)10(14)12(17)19-6-2/h8-10H,5-7,14H2,1-4H3,(H,15,16). The molecule has 3 N–H and O–H groups in total. The van der Waals surface area contributed by atoms with Crippen molar-refractivity contribution in [1.29, 1.82) is 0 Å². The summed E-state index contributed by atoms with van der Waals surface area (Å²) in [5, 5.41) is 2.79. The van der Waals surface area contributed by atoms with Crippen LogP contribution < -0.4 is 11.1 Å². The van der Waals surface area contributed by atoms with E-state index in [9.17, 15) is 9.59 Å². The van der Waals surface area contributed by atoms with Gasteiger partial charge in [-0.05, 0) is 20.3 Å². The van der Waals surface area contributed by atoms with Crippen LogP contribution in [0.3, 0.4) is 0 Å². The van der Waals surface area contributed by atoms with Gasteiger partial charge in [0.15, 0.2) is 6.04 Å². The van der Waals surface area contributed by atoms with Crippen molar-refractivity contribution in [2.75, 3.05) is 13.2 Å². The quantitative estimate of drug-likeness (QED) is 0.532. The molecule has 6 heteroatoms. The first-order valence-corrected chi connectivity index (χ1v) is 6.68. The zero-order valence-electron chi connectivity index (χ0n) is 12.1. The van der Waals surface area contributed by atoms with Gasteiger partial charge in [-0.2, -0.15) is 0 Å². The molecule has 0 aromatic carbocycles. The fourth-order valence-corrected chi connectivity index (χ4v) is 2.21. The van der Waals surface area contributed by atoms with Gasteiger partial charge < -0.3 is 20.5 Å². The fourth-order valence-electron chi connectivity index (χ4n) is 2.21. The number of nitrogens with two attached hydrogens (primary N) is 1. The predicted octanol–water partition coefficient (Wildman–Crippen LogP) is 0.197. The summed E-state index contributed by atoms with van der Waals surface area (Å²) in [5.41, 5.74) is 5.39. The van der Waals surface area contributed by atoms with Crippen LogP contribution in [0.1, 0.15) is 34.1 Å². The van der Waals surface area contributed by atoms with Gasteiger partial charge in [-0.1, -0.05) is 13.8 Å². The molecule has 0 saturated heterocycles. The van der Waals surface area contributed by atoms with Gasteiger partial charge in [0.25, 0.3) is 0 Å². The monoisotopic (exact) mass is 272 g/mol. The summed E-state index contributed by atoms with van der Waals surface area (Å²) in [6, 6.07) is -1.29. The number of hydrogen-bond donors (Lipinski definition) is 2. The van der Waals surface area contributed by atoms with Gasteiger partial charge in [0.1, 0.15) is 0 Å². The first-order valence-electron chi connectivity index (χ1n) is 6.68. The molecule has 0 radical (unpaired) electrons. The third-order valence-corrected chi connectivity index (χ3v) is 3.69. The van der Waals surface area contributed by atoms with E-state index in [-0.39, 0.29) is 24.2 Å². The van der Waals surface area contributed by atoms with Gasteiger partial charge >= 0.3 is 5.97 Å². The van der Waals surface area contributed by atoms with Crippen LogP contribution >= 0.6 is 0 Å². The van der Waals surface area contributed by atoms with E-state index in [1.807, 2.05) is 20.8 Å². The maximum absolute atomic E-state index is 11.8. The molecule has 19 heavy (non-hydrogen) atoms. The molecule has 0 aliphatic heterocycles. The average Bonchev–Trinajstić information content (AvgIpc) is 2.36. The van der Waals surface area contributed by atoms with E-state index in [1.54, 1.807) is 6.92 Å². The molecule has 1 fully saturated rings. The van der Waals surface area contributed by atoms with Crippen molar-refractivity contribution in [2.45, 2.75) is 52.3 Å². The third kappa shape index (κ3) is 3.45. The lowest BCUT2D eigenvalue weighted by molar-refractivity contribution is -0.151. The number of esters is 1. The summed E-state index contributed by atoms with van der Waals surface area (Å²) in [6.07, 6.45) is 0.865. The molecule has 1 aliphatic carbocycles. The molecule has 0 bridgehead atoms. The van der Waals surface area contributed by atoms with E-state index in [4.69, 9.17) is 15.2 Å². The van der Waals surface area contributed by atoms with Crippen molar-refractivity contribution in [2.24, 2.45) is 11.1 Å². The highest BCUT2D eigenvalue weighted by molar-refractivity contribution is 6.01. The molecule has 0 aromatic heterocycles. The lowest BCUT2D eigenvalue weighted by Crippen LogP contribution is -2.64. The van der Waals surface area contributed by atoms with E-state index >= 15 is 0 Å². The molecule has 3 atom stereocenters. The Hall–Kier alpha value is -1.14. The van der Waals surface area contributed by atoms with Gasteiger partial charge in [0, 0.05) is 18.1 Å². The summed E-state index contributed by atoms with van der Waals surface area (Å²) < 4.78 is 10.3. The fraction of sp³-hybridized carbons (Fsp3) is 0.846. The Labute approximate surface area is 114 Å². The van der Waals surface area contributed by atoms with Gasteiger partial charge in [-0.25, -0.2) is 4.79 Å². The lowest BCUT2D eigenvalue weighted by Gasteiger charge is -2.51. The minimum absolute atomic E-state index is 0.0305. The van der Waals surface area contributed by atoms with Crippen LogP contribution in [-0.2, 0) is 19.1 Å². The Balaban J connectivity index is 2.48. The van der Waals surface area contributed by atoms with Crippen molar-refractivity contribution >= 4 is 11.9 Å². The van der Waals surface area contributed by atoms with Gasteiger partial charge in [-0.15, -0.1) is 0 Å². The number of hydrogen-bond acceptors (Lipinski definition) is 5. The molecule has 110 valence electrons. The topological polar surface area (TPSA) is 90.7 Å². The second-order valence-electron chi connectivity index (χ2n) is 5.29. The van der Waals surface area contributed by atoms with Crippen LogP contribution in [0, 0.1) is 5.41 Å². The normalized spacial score (nSPS) is 26.2. The second kappa shape index (κ2) is 6.34. The molecule has 0 heterocycles. The van der Waals surface area contributed by atoms with Crippen molar-refractivity contribution in [3.63, 3.8) is 0 Å². The molecule has 3 unspecified atom stereocenters. The number of carbonyl (C=O) groups is 2. The van der Waals surface area contributed by atoms with Crippen molar-refractivity contribution in [3.8, 4) is 0 Å². The first-order chi connectivity index (χ1) is 8.84. The van der Waals surface area contributed by atoms with Crippen molar-refractivity contribution in [3.05, 3.63) is 0 Å². The molecule has 1 aliphatic rings. The zero-order chi connectivity index (χ0) is 14.6. The zero-order valence-corrected chi connectivity index (χ0v) is 12.1. The Morgan fingerprint density at radius 3 is 2.47 bits per heavy atom. The van der Waals surface area contributed by atoms with E-state index in [1.165, 1.54) is 0 Å². The van der Waals surface area contributed by atoms with Crippen LogP contribution in [-0.4, -0.2) is 43.3 Å². The summed E-state index contributed by atoms with van der Waals surface area (Å²) in [5.74, 6) is -1.19. The molecular formula is C13H24N2O4. The number of rotatable bonds is 6. The van der Waals surface area contributed by atoms with E-state index in [0.29, 0.717) is 6.61 Å². The second-order valence-corrected chi connectivity index (χ2v) is 5.29. The summed E-state index contributed by atoms with van der Waals surface area (Å²) >= 11 is 0. The highest BCUT2D eigenvalue weighted by Gasteiger charge is 2.50. The Kier molecular flexibility index (Phi) is 5.31. The SMILES string of the molecule is CCOC(=O)C(N)C(=O)NC1CC(OCC)C1(C)C. The summed E-state index contributed by atoms with van der Waals surface area (Å²) in [4.78, 5) is 23.2. The minimum atomic E-state index is -1.26. The van der Waals surface area contributed by atoms with Gasteiger partial charge in [0.2, 0.25) is 5.91 Å². The largest absolute Gasteiger partial charge is 0.464 e. The first kappa shape index (κ1) is 15.9. The van der Waals surface area contributed by atoms with E-state index in [0.717, 1.165) is 6.42 Å². The Morgan fingerprint density at radius 1 is 1.37 bits per heavy atom. The molecule has 0 aromatic rings. The number of ether oxygens (including phenoxy) is 2. The summed E-state index contributed by atoms with van der Waals surface area (Å²) in [7, 11) is 0. The molecule has 1 saturated carbocycles. The maximum atomic E-state index is 11.8. The lowest BCUT2D eigenvalue weighted by atomic mass is 9.64. The average molecular weight is 272 g/mol. The van der Waals surface area contributed by atoms with Gasteiger partial charge in [0.05, 0.1) is 12.7 Å². The maximum Gasteiger partial charge on any atom is 0.332 e. The van der Waals surface area contributed by atoms with Crippen LogP contribution in [0.15, 0.2) is 0 Å². The van der Waals surface area contributed by atoms with Crippen molar-refractivity contribution in [1.82, 2.24) is 5.32 Å². The molecule has 0 spiro atoms. The molecule has 1 rings (SSSR count). The molecular weight excluding hydrogens is 248 g/mol. The highest BCUT2D eigenvalue weighted by Crippen LogP contribution is 2.42. The van der Waals surface area contributed by atoms with Crippen LogP contribution in [0.4, 0.5) is 0 Å². The van der Waals surface area contributed by atoms with E-state index in [2.05, 4.69) is 5.32 Å². The minimum Gasteiger partial charge on any atom is -0.464 e. The number of nitrogens with one attached hydrogen (secondary N) is 1. The highest BCUT2D eigenvalue weighted by atomic mass is 16.5. The third-order valence-electron chi connectivity index (χ3n) is 3.69. The summed E-state index contributed by atoms with van der Waals surface area (Å²) in [6.45, 7) is 8.52. The molecule has 6 nitrogen and oxygen atoms in total. The Bertz CT molecular complexity index is 344. The molecule has 1 amide bonds. The van der Waals surface area contributed by atoms with Crippen LogP contribution in [0.2, 0.25) is 0 Å². The van der Waals surface area contributed by atoms with Crippen molar-refractivity contribution < 1.29 is 19.1 Å². The number of amides is 1.